The molecule has 0 aliphatic rings. The van der Waals surface area contributed by atoms with Crippen molar-refractivity contribution in [3.8, 4) is 0 Å². The third-order valence-corrected chi connectivity index (χ3v) is 3.63. The summed E-state index contributed by atoms with van der Waals surface area (Å²) in [5, 5.41) is 2.94. The molecule has 0 aromatic carbocycles. The molecule has 20 heavy (non-hydrogen) atoms. The Morgan fingerprint density at radius 3 is 2.80 bits per heavy atom. The Hall–Kier alpha value is -1.10. The molecule has 0 bridgehead atoms. The largest absolute Gasteiger partial charge is 0.352 e. The topological polar surface area (TPSA) is 51.1 Å². The van der Waals surface area contributed by atoms with Crippen molar-refractivity contribution in [1.29, 1.82) is 0 Å². The molecule has 1 amide bonds. The van der Waals surface area contributed by atoms with Gasteiger partial charge in [-0.3, -0.25) is 9.59 Å². The smallest absolute Gasteiger partial charge is 0.251 e. The normalized spacial score (nSPS) is 12.2. The Morgan fingerprint density at radius 1 is 1.35 bits per heavy atom. The predicted octanol–water partition coefficient (Wildman–Crippen LogP) is 3.09. The van der Waals surface area contributed by atoms with Gasteiger partial charge in [-0.2, -0.15) is 0 Å². The molecular weight excluding hydrogens is 320 g/mol. The molecule has 0 radical (unpaired) electrons. The maximum atomic E-state index is 11.9. The average Bonchev–Trinajstić information content (AvgIpc) is 2.39. The van der Waals surface area contributed by atoms with E-state index >= 15 is 0 Å². The van der Waals surface area contributed by atoms with E-state index in [1.165, 1.54) is 29.9 Å². The predicted molar refractivity (Wildman–Crippen MR) is 84.8 cm³/mol. The Bertz CT molecular complexity index is 485. The first-order chi connectivity index (χ1) is 9.52. The first-order valence-corrected chi connectivity index (χ1v) is 7.97. The van der Waals surface area contributed by atoms with Crippen LogP contribution in [0.1, 0.15) is 46.0 Å². The van der Waals surface area contributed by atoms with Crippen LogP contribution in [0, 0.1) is 0 Å². The molecule has 1 N–H and O–H groups in total. The van der Waals surface area contributed by atoms with E-state index in [1.54, 1.807) is 12.3 Å². The van der Waals surface area contributed by atoms with Crippen molar-refractivity contribution in [1.82, 2.24) is 9.88 Å². The minimum atomic E-state index is -0.168. The molecule has 112 valence electrons. The van der Waals surface area contributed by atoms with E-state index in [0.717, 1.165) is 17.3 Å². The number of nitrogens with zero attached hydrogens (tertiary/aromatic N) is 1. The second-order valence-corrected chi connectivity index (χ2v) is 6.05. The highest BCUT2D eigenvalue weighted by molar-refractivity contribution is 9.10. The van der Waals surface area contributed by atoms with Gasteiger partial charge in [0.1, 0.15) is 6.54 Å². The maximum Gasteiger partial charge on any atom is 0.251 e. The fourth-order valence-electron chi connectivity index (χ4n) is 2.05. The van der Waals surface area contributed by atoms with Gasteiger partial charge in [0.2, 0.25) is 5.91 Å². The molecule has 0 unspecified atom stereocenters. The van der Waals surface area contributed by atoms with Crippen LogP contribution in [0.5, 0.6) is 0 Å². The van der Waals surface area contributed by atoms with Crippen LogP contribution in [0.2, 0.25) is 0 Å². The zero-order valence-electron chi connectivity index (χ0n) is 12.2. The molecule has 0 aliphatic heterocycles. The summed E-state index contributed by atoms with van der Waals surface area (Å²) in [6.45, 7) is 4.26. The number of aromatic nitrogens is 1. The van der Waals surface area contributed by atoms with E-state index < -0.39 is 0 Å². The van der Waals surface area contributed by atoms with Crippen LogP contribution >= 0.6 is 15.9 Å². The van der Waals surface area contributed by atoms with Gasteiger partial charge in [-0.05, 0) is 35.3 Å². The van der Waals surface area contributed by atoms with E-state index in [0.29, 0.717) is 0 Å². The van der Waals surface area contributed by atoms with Crippen LogP contribution in [0.3, 0.4) is 0 Å². The van der Waals surface area contributed by atoms with E-state index in [-0.39, 0.29) is 24.1 Å². The number of halogens is 1. The van der Waals surface area contributed by atoms with Crippen LogP contribution in [0.15, 0.2) is 27.6 Å². The minimum Gasteiger partial charge on any atom is -0.352 e. The molecule has 0 spiro atoms. The van der Waals surface area contributed by atoms with Gasteiger partial charge in [0.05, 0.1) is 0 Å². The average molecular weight is 343 g/mol. The van der Waals surface area contributed by atoms with Crippen LogP contribution in [0.4, 0.5) is 0 Å². The number of hydrogen-bond acceptors (Lipinski definition) is 2. The first-order valence-electron chi connectivity index (χ1n) is 7.18. The summed E-state index contributed by atoms with van der Waals surface area (Å²) < 4.78 is 2.20. The van der Waals surface area contributed by atoms with Crippen molar-refractivity contribution in [3.05, 3.63) is 33.2 Å². The number of rotatable bonds is 8. The highest BCUT2D eigenvalue weighted by Crippen LogP contribution is 2.06. The molecule has 0 saturated carbocycles. The number of amides is 1. The lowest BCUT2D eigenvalue weighted by atomic mass is 10.1. The molecule has 1 atom stereocenters. The number of nitrogens with one attached hydrogen (secondary N) is 1. The van der Waals surface area contributed by atoms with Crippen LogP contribution in [-0.4, -0.2) is 16.5 Å². The van der Waals surface area contributed by atoms with Crippen molar-refractivity contribution in [2.45, 2.75) is 58.5 Å². The fourth-order valence-corrected chi connectivity index (χ4v) is 2.43. The SMILES string of the molecule is CCCCCC[C@H](C)NC(=O)Cn1cc(Br)ccc1=O. The van der Waals surface area contributed by atoms with Gasteiger partial charge in [-0.25, -0.2) is 0 Å². The van der Waals surface area contributed by atoms with Crippen molar-refractivity contribution >= 4 is 21.8 Å². The third kappa shape index (κ3) is 6.37. The summed E-state index contributed by atoms with van der Waals surface area (Å²) in [5.41, 5.74) is -0.168. The lowest BCUT2D eigenvalue weighted by Crippen LogP contribution is -2.37. The zero-order chi connectivity index (χ0) is 15.0. The molecule has 0 saturated heterocycles. The van der Waals surface area contributed by atoms with Crippen LogP contribution in [0.25, 0.3) is 0 Å². The standard InChI is InChI=1S/C15H23BrN2O2/c1-3-4-5-6-7-12(2)17-14(19)11-18-10-13(16)8-9-15(18)20/h8-10,12H,3-7,11H2,1-2H3,(H,17,19)/t12-/m0/s1. The quantitative estimate of drug-likeness (QED) is 0.738. The molecule has 5 heteroatoms. The highest BCUT2D eigenvalue weighted by atomic mass is 79.9. The molecule has 4 nitrogen and oxygen atoms in total. The van der Waals surface area contributed by atoms with Gasteiger partial charge in [-0.15, -0.1) is 0 Å². The summed E-state index contributed by atoms with van der Waals surface area (Å²) in [6.07, 6.45) is 7.42. The van der Waals surface area contributed by atoms with Gasteiger partial charge in [0.25, 0.3) is 5.56 Å². The lowest BCUT2D eigenvalue weighted by molar-refractivity contribution is -0.122. The number of unbranched alkanes of at least 4 members (excludes halogenated alkanes) is 3. The second kappa shape index (κ2) is 8.95. The summed E-state index contributed by atoms with van der Waals surface area (Å²) >= 11 is 3.29. The first kappa shape index (κ1) is 17.0. The minimum absolute atomic E-state index is 0.0670. The molecule has 0 aliphatic carbocycles. The summed E-state index contributed by atoms with van der Waals surface area (Å²) in [7, 11) is 0. The third-order valence-electron chi connectivity index (χ3n) is 3.16. The Kier molecular flexibility index (Phi) is 7.59. The van der Waals surface area contributed by atoms with Gasteiger partial charge in [0, 0.05) is 22.8 Å². The number of hydrogen-bond donors (Lipinski definition) is 1. The summed E-state index contributed by atoms with van der Waals surface area (Å²) in [5.74, 6) is -0.117. The van der Waals surface area contributed by atoms with Crippen molar-refractivity contribution in [2.75, 3.05) is 0 Å². The van der Waals surface area contributed by atoms with Crippen molar-refractivity contribution in [3.63, 3.8) is 0 Å². The summed E-state index contributed by atoms with van der Waals surface area (Å²) in [6, 6.07) is 3.28. The van der Waals surface area contributed by atoms with E-state index in [4.69, 9.17) is 0 Å². The Balaban J connectivity index is 2.39. The number of carbonyl (C=O) groups excluding carboxylic acids is 1. The molecule has 0 fully saturated rings. The second-order valence-electron chi connectivity index (χ2n) is 5.13. The Morgan fingerprint density at radius 2 is 2.10 bits per heavy atom. The fraction of sp³-hybridized carbons (Fsp3) is 0.600. The van der Waals surface area contributed by atoms with E-state index in [9.17, 15) is 9.59 Å². The zero-order valence-corrected chi connectivity index (χ0v) is 13.8. The van der Waals surface area contributed by atoms with Gasteiger partial charge < -0.3 is 9.88 Å². The van der Waals surface area contributed by atoms with Crippen LogP contribution in [-0.2, 0) is 11.3 Å². The molecular formula is C15H23BrN2O2. The Labute approximate surface area is 128 Å². The molecule has 1 rings (SSSR count). The lowest BCUT2D eigenvalue weighted by Gasteiger charge is -2.14. The van der Waals surface area contributed by atoms with E-state index in [1.807, 2.05) is 6.92 Å². The summed E-state index contributed by atoms with van der Waals surface area (Å²) in [4.78, 5) is 23.5. The molecule has 1 heterocycles. The monoisotopic (exact) mass is 342 g/mol. The van der Waals surface area contributed by atoms with Crippen LogP contribution < -0.4 is 10.9 Å². The van der Waals surface area contributed by atoms with Crippen molar-refractivity contribution in [2.24, 2.45) is 0 Å². The van der Waals surface area contributed by atoms with Gasteiger partial charge in [0.15, 0.2) is 0 Å². The number of carbonyl (C=O) groups is 1. The molecule has 1 aromatic rings. The molecule has 1 aromatic heterocycles. The van der Waals surface area contributed by atoms with Crippen molar-refractivity contribution < 1.29 is 4.79 Å². The van der Waals surface area contributed by atoms with Gasteiger partial charge in [-0.1, -0.05) is 32.6 Å². The van der Waals surface area contributed by atoms with Gasteiger partial charge >= 0.3 is 0 Å². The van der Waals surface area contributed by atoms with E-state index in [2.05, 4.69) is 28.2 Å². The maximum absolute atomic E-state index is 11.9. The number of pyridine rings is 1. The highest BCUT2D eigenvalue weighted by Gasteiger charge is 2.08.